The minimum atomic E-state index is -0.706. The highest BCUT2D eigenvalue weighted by atomic mass is 16.4. The Morgan fingerprint density at radius 1 is 1.00 bits per heavy atom. The zero-order valence-corrected chi connectivity index (χ0v) is 11.5. The van der Waals surface area contributed by atoms with Gasteiger partial charge in [-0.2, -0.15) is 0 Å². The summed E-state index contributed by atoms with van der Waals surface area (Å²) in [6.45, 7) is 4.05. The Bertz CT molecular complexity index is 319. The van der Waals surface area contributed by atoms with Gasteiger partial charge in [0.25, 0.3) is 0 Å². The summed E-state index contributed by atoms with van der Waals surface area (Å²) in [6, 6.07) is 0. The Kier molecular flexibility index (Phi) is 5.19. The van der Waals surface area contributed by atoms with E-state index in [9.17, 15) is 9.59 Å². The van der Waals surface area contributed by atoms with E-state index in [1.807, 2.05) is 4.90 Å². The first-order chi connectivity index (χ1) is 9.15. The van der Waals surface area contributed by atoms with Crippen LogP contribution in [0, 0.1) is 5.92 Å². The summed E-state index contributed by atoms with van der Waals surface area (Å²) in [7, 11) is 0. The van der Waals surface area contributed by atoms with Gasteiger partial charge in [0, 0.05) is 19.5 Å². The molecule has 0 bridgehead atoms. The van der Waals surface area contributed by atoms with Crippen LogP contribution in [0.15, 0.2) is 0 Å². The first kappa shape index (κ1) is 14.3. The molecule has 0 unspecified atom stereocenters. The first-order valence-corrected chi connectivity index (χ1v) is 7.37. The van der Waals surface area contributed by atoms with Crippen LogP contribution in [0.2, 0.25) is 0 Å². The van der Waals surface area contributed by atoms with E-state index >= 15 is 0 Å². The Labute approximate surface area is 114 Å². The minimum Gasteiger partial charge on any atom is -0.481 e. The van der Waals surface area contributed by atoms with E-state index in [4.69, 9.17) is 5.11 Å². The fourth-order valence-electron chi connectivity index (χ4n) is 3.03. The first-order valence-electron chi connectivity index (χ1n) is 7.37. The van der Waals surface area contributed by atoms with Crippen molar-refractivity contribution in [2.24, 2.45) is 5.92 Å². The maximum absolute atomic E-state index is 12.1. The van der Waals surface area contributed by atoms with Crippen molar-refractivity contribution in [1.29, 1.82) is 0 Å². The maximum Gasteiger partial charge on any atom is 0.303 e. The van der Waals surface area contributed by atoms with Gasteiger partial charge in [0.15, 0.2) is 0 Å². The second-order valence-electron chi connectivity index (χ2n) is 5.76. The normalized spacial score (nSPS) is 22.4. The molecule has 0 atom stereocenters. The second-order valence-corrected chi connectivity index (χ2v) is 5.76. The van der Waals surface area contributed by atoms with Crippen LogP contribution in [-0.4, -0.2) is 59.5 Å². The molecule has 19 heavy (non-hydrogen) atoms. The number of hydrogen-bond donors (Lipinski definition) is 1. The minimum absolute atomic E-state index is 0.247. The molecule has 0 saturated carbocycles. The lowest BCUT2D eigenvalue weighted by Crippen LogP contribution is -2.45. The number of carboxylic acid groups (broad SMARTS) is 1. The van der Waals surface area contributed by atoms with Crippen LogP contribution in [0.1, 0.15) is 38.5 Å². The molecule has 2 saturated heterocycles. The monoisotopic (exact) mass is 268 g/mol. The molecule has 0 aromatic carbocycles. The molecule has 2 fully saturated rings. The summed E-state index contributed by atoms with van der Waals surface area (Å²) in [5.41, 5.74) is 0. The number of nitrogens with zero attached hydrogens (tertiary/aromatic N) is 2. The molecule has 0 aromatic rings. The van der Waals surface area contributed by atoms with Crippen molar-refractivity contribution in [3.8, 4) is 0 Å². The molecule has 2 aliphatic heterocycles. The van der Waals surface area contributed by atoms with Crippen molar-refractivity contribution in [2.45, 2.75) is 38.5 Å². The molecule has 1 amide bonds. The van der Waals surface area contributed by atoms with Crippen LogP contribution in [0.4, 0.5) is 0 Å². The number of likely N-dealkylation sites (tertiary alicyclic amines) is 2. The highest BCUT2D eigenvalue weighted by Gasteiger charge is 2.24. The van der Waals surface area contributed by atoms with Crippen LogP contribution in [-0.2, 0) is 9.59 Å². The predicted octanol–water partition coefficient (Wildman–Crippen LogP) is 1.19. The van der Waals surface area contributed by atoms with E-state index in [2.05, 4.69) is 4.90 Å². The van der Waals surface area contributed by atoms with Crippen LogP contribution in [0.25, 0.3) is 0 Å². The Morgan fingerprint density at radius 2 is 1.63 bits per heavy atom. The molecule has 0 radical (unpaired) electrons. The van der Waals surface area contributed by atoms with Crippen LogP contribution in [0.3, 0.4) is 0 Å². The molecule has 5 heteroatoms. The molecule has 2 rings (SSSR count). The van der Waals surface area contributed by atoms with E-state index in [0.717, 1.165) is 51.9 Å². The van der Waals surface area contributed by atoms with Gasteiger partial charge in [0.05, 0.1) is 6.54 Å². The smallest absolute Gasteiger partial charge is 0.303 e. The Balaban J connectivity index is 1.69. The van der Waals surface area contributed by atoms with Gasteiger partial charge in [0.2, 0.25) is 5.91 Å². The van der Waals surface area contributed by atoms with Crippen LogP contribution < -0.4 is 0 Å². The molecule has 5 nitrogen and oxygen atoms in total. The van der Waals surface area contributed by atoms with Gasteiger partial charge >= 0.3 is 5.97 Å². The molecule has 0 aliphatic carbocycles. The summed E-state index contributed by atoms with van der Waals surface area (Å²) >= 11 is 0. The topological polar surface area (TPSA) is 60.9 Å². The van der Waals surface area contributed by atoms with E-state index < -0.39 is 5.97 Å². The summed E-state index contributed by atoms with van der Waals surface area (Å²) in [5, 5.41) is 8.77. The molecule has 108 valence electrons. The third kappa shape index (κ3) is 4.49. The summed E-state index contributed by atoms with van der Waals surface area (Å²) in [5.74, 6) is -0.168. The molecule has 0 aromatic heterocycles. The number of piperidine rings is 2. The summed E-state index contributed by atoms with van der Waals surface area (Å²) in [6.07, 6.45) is 5.58. The second kappa shape index (κ2) is 6.89. The number of hydrogen-bond acceptors (Lipinski definition) is 3. The molecule has 1 N–H and O–H groups in total. The average molecular weight is 268 g/mol. The lowest BCUT2D eigenvalue weighted by Gasteiger charge is -2.33. The Hall–Kier alpha value is -1.10. The third-order valence-corrected chi connectivity index (χ3v) is 4.24. The number of carbonyl (C=O) groups excluding carboxylic acids is 1. The number of rotatable bonds is 4. The number of aliphatic carboxylic acids is 1. The quantitative estimate of drug-likeness (QED) is 0.832. The molecule has 0 spiro atoms. The van der Waals surface area contributed by atoms with E-state index in [1.54, 1.807) is 0 Å². The SMILES string of the molecule is O=C(O)CC1CCN(CC(=O)N2CCCCC2)CC1. The maximum atomic E-state index is 12.1. The van der Waals surface area contributed by atoms with E-state index in [1.165, 1.54) is 6.42 Å². The van der Waals surface area contributed by atoms with Crippen LogP contribution in [0.5, 0.6) is 0 Å². The molecule has 2 aliphatic rings. The lowest BCUT2D eigenvalue weighted by molar-refractivity contribution is -0.139. The highest BCUT2D eigenvalue weighted by Crippen LogP contribution is 2.20. The summed E-state index contributed by atoms with van der Waals surface area (Å²) in [4.78, 5) is 26.9. The van der Waals surface area contributed by atoms with Crippen molar-refractivity contribution in [1.82, 2.24) is 9.80 Å². The van der Waals surface area contributed by atoms with Crippen molar-refractivity contribution in [2.75, 3.05) is 32.7 Å². The van der Waals surface area contributed by atoms with Gasteiger partial charge in [-0.25, -0.2) is 0 Å². The van der Waals surface area contributed by atoms with Gasteiger partial charge in [-0.3, -0.25) is 14.5 Å². The van der Waals surface area contributed by atoms with Gasteiger partial charge in [-0.1, -0.05) is 0 Å². The standard InChI is InChI=1S/C14H24N2O3/c17-13(16-6-2-1-3-7-16)11-15-8-4-12(5-9-15)10-14(18)19/h12H,1-11H2,(H,18,19). The molecular formula is C14H24N2O3. The number of carboxylic acids is 1. The number of carbonyl (C=O) groups is 2. The van der Waals surface area contributed by atoms with Crippen molar-refractivity contribution in [3.05, 3.63) is 0 Å². The predicted molar refractivity (Wildman–Crippen MR) is 71.8 cm³/mol. The molecule has 2 heterocycles. The van der Waals surface area contributed by atoms with Crippen LogP contribution >= 0.6 is 0 Å². The Morgan fingerprint density at radius 3 is 2.21 bits per heavy atom. The lowest BCUT2D eigenvalue weighted by atomic mass is 9.93. The average Bonchev–Trinajstić information content (AvgIpc) is 2.41. The van der Waals surface area contributed by atoms with Gasteiger partial charge < -0.3 is 10.0 Å². The number of amides is 1. The largest absolute Gasteiger partial charge is 0.481 e. The summed E-state index contributed by atoms with van der Waals surface area (Å²) < 4.78 is 0. The fourth-order valence-corrected chi connectivity index (χ4v) is 3.03. The van der Waals surface area contributed by atoms with Crippen molar-refractivity contribution < 1.29 is 14.7 Å². The van der Waals surface area contributed by atoms with Gasteiger partial charge in [-0.15, -0.1) is 0 Å². The van der Waals surface area contributed by atoms with E-state index in [0.29, 0.717) is 12.5 Å². The zero-order valence-electron chi connectivity index (χ0n) is 11.5. The molecular weight excluding hydrogens is 244 g/mol. The van der Waals surface area contributed by atoms with Crippen molar-refractivity contribution >= 4 is 11.9 Å². The fraction of sp³-hybridized carbons (Fsp3) is 0.857. The highest BCUT2D eigenvalue weighted by molar-refractivity contribution is 5.78. The van der Waals surface area contributed by atoms with E-state index in [-0.39, 0.29) is 12.3 Å². The zero-order chi connectivity index (χ0) is 13.7. The van der Waals surface area contributed by atoms with Crippen molar-refractivity contribution in [3.63, 3.8) is 0 Å². The van der Waals surface area contributed by atoms with Gasteiger partial charge in [0.1, 0.15) is 0 Å². The third-order valence-electron chi connectivity index (χ3n) is 4.24. The van der Waals surface area contributed by atoms with Gasteiger partial charge in [-0.05, 0) is 51.1 Å².